The molecule has 0 fully saturated rings. The van der Waals surface area contributed by atoms with Crippen LogP contribution in [-0.2, 0) is 4.79 Å². The highest BCUT2D eigenvalue weighted by Gasteiger charge is 2.09. The predicted octanol–water partition coefficient (Wildman–Crippen LogP) is 0.315. The molecule has 0 saturated carbocycles. The Balaban J connectivity index is 4.08. The van der Waals surface area contributed by atoms with Crippen LogP contribution >= 0.6 is 12.8 Å². The number of primary amides is 1. The third-order valence-corrected chi connectivity index (χ3v) is 1.12. The molecule has 56 valence electrons. The van der Waals surface area contributed by atoms with E-state index in [0.29, 0.717) is 4.31 Å². The summed E-state index contributed by atoms with van der Waals surface area (Å²) >= 11 is 3.51. The molecule has 0 bridgehead atoms. The Hall–Kier alpha value is -0.970. The van der Waals surface area contributed by atoms with Gasteiger partial charge >= 0.3 is 6.03 Å². The third-order valence-electron chi connectivity index (χ3n) is 0.727. The molecular formula is C5H8N2O2S. The largest absolute Gasteiger partial charge is 0.350 e. The van der Waals surface area contributed by atoms with Gasteiger partial charge in [-0.15, -0.1) is 0 Å². The summed E-state index contributed by atoms with van der Waals surface area (Å²) in [7, 11) is 0. The minimum Gasteiger partial charge on any atom is -0.350 e. The number of imide groups is 1. The number of carbonyl (C=O) groups is 2. The fourth-order valence-corrected chi connectivity index (χ4v) is 0.388. The number of rotatable bonds is 1. The van der Waals surface area contributed by atoms with Crippen LogP contribution in [0.25, 0.3) is 0 Å². The Labute approximate surface area is 64.2 Å². The van der Waals surface area contributed by atoms with Crippen molar-refractivity contribution < 1.29 is 9.59 Å². The molecule has 0 radical (unpaired) electrons. The van der Waals surface area contributed by atoms with Crippen molar-refractivity contribution >= 4 is 24.8 Å². The maximum atomic E-state index is 10.6. The van der Waals surface area contributed by atoms with Gasteiger partial charge in [0.2, 0.25) is 0 Å². The molecular weight excluding hydrogens is 152 g/mol. The molecule has 10 heavy (non-hydrogen) atoms. The van der Waals surface area contributed by atoms with Crippen LogP contribution in [-0.4, -0.2) is 16.2 Å². The number of hydrogen-bond donors (Lipinski definition) is 2. The zero-order valence-corrected chi connectivity index (χ0v) is 6.34. The molecule has 2 N–H and O–H groups in total. The van der Waals surface area contributed by atoms with Crippen LogP contribution < -0.4 is 5.73 Å². The van der Waals surface area contributed by atoms with Crippen molar-refractivity contribution in [3.8, 4) is 0 Å². The number of nitrogens with two attached hydrogens (primary N) is 1. The van der Waals surface area contributed by atoms with Crippen LogP contribution in [0.15, 0.2) is 12.2 Å². The SMILES string of the molecule is CC=CC(=O)N(S)C(N)=O. The highest BCUT2D eigenvalue weighted by molar-refractivity contribution is 7.79. The first-order valence-corrected chi connectivity index (χ1v) is 2.94. The molecule has 4 nitrogen and oxygen atoms in total. The van der Waals surface area contributed by atoms with Gasteiger partial charge in [-0.05, 0) is 6.92 Å². The van der Waals surface area contributed by atoms with Gasteiger partial charge in [-0.2, -0.15) is 0 Å². The molecule has 0 unspecified atom stereocenters. The number of hydrogen-bond acceptors (Lipinski definition) is 3. The van der Waals surface area contributed by atoms with E-state index >= 15 is 0 Å². The van der Waals surface area contributed by atoms with Gasteiger partial charge in [0.1, 0.15) is 0 Å². The zero-order chi connectivity index (χ0) is 8.15. The Bertz CT molecular complexity index is 178. The van der Waals surface area contributed by atoms with Crippen LogP contribution in [0, 0.1) is 0 Å². The van der Waals surface area contributed by atoms with Gasteiger partial charge in [0, 0.05) is 6.08 Å². The highest BCUT2D eigenvalue weighted by atomic mass is 32.1. The first kappa shape index (κ1) is 9.03. The second-order valence-corrected chi connectivity index (χ2v) is 1.89. The standard InChI is InChI=1S/C5H8N2O2S/c1-2-3-4(8)7(10)5(6)9/h2-3,10H,1H3,(H2,6,9). The highest BCUT2D eigenvalue weighted by Crippen LogP contribution is 1.93. The molecule has 5 heteroatoms. The lowest BCUT2D eigenvalue weighted by Gasteiger charge is -2.05. The van der Waals surface area contributed by atoms with Crippen molar-refractivity contribution in [3.05, 3.63) is 12.2 Å². The van der Waals surface area contributed by atoms with Gasteiger partial charge in [0.25, 0.3) is 5.91 Å². The van der Waals surface area contributed by atoms with E-state index in [0.717, 1.165) is 0 Å². The quantitative estimate of drug-likeness (QED) is 0.428. The predicted molar refractivity (Wildman–Crippen MR) is 40.2 cm³/mol. The van der Waals surface area contributed by atoms with Gasteiger partial charge in [-0.1, -0.05) is 18.9 Å². The van der Waals surface area contributed by atoms with Crippen molar-refractivity contribution in [1.82, 2.24) is 4.31 Å². The van der Waals surface area contributed by atoms with Crippen LogP contribution in [0.3, 0.4) is 0 Å². The van der Waals surface area contributed by atoms with Gasteiger partial charge in [-0.25, -0.2) is 9.10 Å². The first-order chi connectivity index (χ1) is 4.59. The maximum absolute atomic E-state index is 10.6. The molecule has 0 aliphatic heterocycles. The van der Waals surface area contributed by atoms with Crippen LogP contribution in [0.4, 0.5) is 4.79 Å². The summed E-state index contributed by atoms with van der Waals surface area (Å²) in [6.07, 6.45) is 2.69. The Morgan fingerprint density at radius 3 is 2.40 bits per heavy atom. The van der Waals surface area contributed by atoms with E-state index in [9.17, 15) is 9.59 Å². The normalized spacial score (nSPS) is 9.80. The molecule has 0 spiro atoms. The number of amides is 3. The summed E-state index contributed by atoms with van der Waals surface area (Å²) in [5, 5.41) is 0. The summed E-state index contributed by atoms with van der Waals surface area (Å²) < 4.78 is 0.528. The lowest BCUT2D eigenvalue weighted by Crippen LogP contribution is -2.31. The van der Waals surface area contributed by atoms with E-state index in [1.165, 1.54) is 12.2 Å². The van der Waals surface area contributed by atoms with Gasteiger partial charge < -0.3 is 5.73 Å². The number of nitrogens with zero attached hydrogens (tertiary/aromatic N) is 1. The number of thiol groups is 1. The van der Waals surface area contributed by atoms with E-state index < -0.39 is 11.9 Å². The molecule has 0 rings (SSSR count). The molecule has 0 aromatic carbocycles. The molecule has 0 aromatic rings. The Morgan fingerprint density at radius 2 is 2.10 bits per heavy atom. The maximum Gasteiger partial charge on any atom is 0.331 e. The fraction of sp³-hybridized carbons (Fsp3) is 0.200. The van der Waals surface area contributed by atoms with Crippen molar-refractivity contribution in [1.29, 1.82) is 0 Å². The number of carbonyl (C=O) groups excluding carboxylic acids is 2. The van der Waals surface area contributed by atoms with E-state index in [2.05, 4.69) is 12.8 Å². The van der Waals surface area contributed by atoms with Crippen molar-refractivity contribution in [2.24, 2.45) is 5.73 Å². The second kappa shape index (κ2) is 3.94. The molecule has 0 saturated heterocycles. The van der Waals surface area contributed by atoms with E-state index in [4.69, 9.17) is 5.73 Å². The number of urea groups is 1. The topological polar surface area (TPSA) is 63.4 Å². The summed E-state index contributed by atoms with van der Waals surface area (Å²) in [6.45, 7) is 1.65. The summed E-state index contributed by atoms with van der Waals surface area (Å²) in [5.74, 6) is -0.543. The van der Waals surface area contributed by atoms with E-state index in [1.807, 2.05) is 0 Å². The lowest BCUT2D eigenvalue weighted by atomic mass is 10.5. The fourth-order valence-electron chi connectivity index (χ4n) is 0.322. The molecule has 3 amide bonds. The second-order valence-electron chi connectivity index (χ2n) is 1.49. The van der Waals surface area contributed by atoms with Crippen LogP contribution in [0.5, 0.6) is 0 Å². The number of allylic oxidation sites excluding steroid dienone is 1. The van der Waals surface area contributed by atoms with Gasteiger partial charge in [0.15, 0.2) is 0 Å². The minimum atomic E-state index is -0.883. The first-order valence-electron chi connectivity index (χ1n) is 2.54. The van der Waals surface area contributed by atoms with Crippen molar-refractivity contribution in [2.45, 2.75) is 6.92 Å². The van der Waals surface area contributed by atoms with E-state index in [-0.39, 0.29) is 0 Å². The molecule has 0 aliphatic carbocycles. The monoisotopic (exact) mass is 160 g/mol. The lowest BCUT2D eigenvalue weighted by molar-refractivity contribution is -0.119. The average molecular weight is 160 g/mol. The van der Waals surface area contributed by atoms with Gasteiger partial charge in [-0.3, -0.25) is 4.79 Å². The van der Waals surface area contributed by atoms with Crippen LogP contribution in [0.2, 0.25) is 0 Å². The average Bonchev–Trinajstić information content (AvgIpc) is 1.87. The summed E-state index contributed by atoms with van der Waals surface area (Å²) in [4.78, 5) is 20.9. The third kappa shape index (κ3) is 2.54. The van der Waals surface area contributed by atoms with E-state index in [1.54, 1.807) is 6.92 Å². The van der Waals surface area contributed by atoms with Crippen LogP contribution in [0.1, 0.15) is 6.92 Å². The summed E-state index contributed by atoms with van der Waals surface area (Å²) in [6, 6.07) is -0.883. The smallest absolute Gasteiger partial charge is 0.331 e. The molecule has 0 aromatic heterocycles. The Kier molecular flexibility index (Phi) is 3.56. The minimum absolute atomic E-state index is 0.528. The van der Waals surface area contributed by atoms with Gasteiger partial charge in [0.05, 0.1) is 0 Å². The Morgan fingerprint density at radius 1 is 1.60 bits per heavy atom. The van der Waals surface area contributed by atoms with Crippen molar-refractivity contribution in [3.63, 3.8) is 0 Å². The summed E-state index contributed by atoms with van der Waals surface area (Å²) in [5.41, 5.74) is 4.72. The van der Waals surface area contributed by atoms with Crippen molar-refractivity contribution in [2.75, 3.05) is 0 Å². The molecule has 0 heterocycles. The molecule has 0 aliphatic rings. The zero-order valence-electron chi connectivity index (χ0n) is 5.44. The molecule has 0 atom stereocenters.